The molecule has 0 unspecified atom stereocenters. The first-order valence-corrected chi connectivity index (χ1v) is 21.6. The average Bonchev–Trinajstić information content (AvgIpc) is 3.25. The molecule has 1 aliphatic heterocycles. The number of benzene rings is 2. The summed E-state index contributed by atoms with van der Waals surface area (Å²) in [6.07, 6.45) is -5.13. The molecule has 3 rings (SSSR count). The predicted molar refractivity (Wildman–Crippen MR) is 218 cm³/mol. The lowest BCUT2D eigenvalue weighted by atomic mass is 9.97. The first-order chi connectivity index (χ1) is 30.0. The summed E-state index contributed by atoms with van der Waals surface area (Å²) in [5.74, 6) is -8.53. The van der Waals surface area contributed by atoms with E-state index >= 15 is 0 Å². The Balaban J connectivity index is 1.14. The fraction of sp³-hybridized carbons (Fsp3) is 0.568. The number of ether oxygens (including phenoxy) is 7. The highest BCUT2D eigenvalue weighted by atomic mass is 32.1. The van der Waals surface area contributed by atoms with Gasteiger partial charge in [0.1, 0.15) is 24.1 Å². The molecule has 0 bridgehead atoms. The van der Waals surface area contributed by atoms with Crippen molar-refractivity contribution in [1.82, 2.24) is 5.32 Å². The number of aliphatic hydroxyl groups excluding tert-OH is 3. The maximum absolute atomic E-state index is 13.6. The molecule has 1 saturated heterocycles. The van der Waals surface area contributed by atoms with Crippen molar-refractivity contribution in [1.29, 1.82) is 0 Å². The second-order valence-corrected chi connectivity index (χ2v) is 15.6. The lowest BCUT2D eigenvalue weighted by Gasteiger charge is -2.40. The van der Waals surface area contributed by atoms with Gasteiger partial charge in [-0.1, -0.05) is 0 Å². The molecule has 0 spiro atoms. The summed E-state index contributed by atoms with van der Waals surface area (Å²) >= 11 is 5.35. The highest BCUT2D eigenvalue weighted by Gasteiger charge is 2.45. The molecule has 26 heteroatoms. The quantitative estimate of drug-likeness (QED) is 0.00518. The smallest absolute Gasteiger partial charge is 0.325 e. The molecule has 2 aromatic carbocycles. The molecule has 0 aliphatic carbocycles. The number of aliphatic imine (C=N–C) groups is 1. The van der Waals surface area contributed by atoms with Gasteiger partial charge in [-0.2, -0.15) is 13.9 Å². The van der Waals surface area contributed by atoms with E-state index < -0.39 is 91.7 Å². The zero-order chi connectivity index (χ0) is 46.4. The van der Waals surface area contributed by atoms with E-state index in [1.165, 1.54) is 0 Å². The molecule has 1 aliphatic rings. The molecule has 0 aromatic heterocycles. The summed E-state index contributed by atoms with van der Waals surface area (Å²) in [5, 5.41) is 40.9. The first-order valence-electron chi connectivity index (χ1n) is 19.4. The number of esters is 1. The number of hydrazone groups is 1. The lowest BCUT2D eigenvalue weighted by molar-refractivity contribution is -0.272. The highest BCUT2D eigenvalue weighted by Crippen LogP contribution is 2.37. The fourth-order valence-corrected chi connectivity index (χ4v) is 6.12. The number of nitrogens with zero attached hydrogens (tertiary/aromatic N) is 2. The number of carbonyl (C=O) groups is 1. The van der Waals surface area contributed by atoms with Gasteiger partial charge in [0.05, 0.1) is 83.8 Å². The summed E-state index contributed by atoms with van der Waals surface area (Å²) in [7, 11) is -4.38. The van der Waals surface area contributed by atoms with E-state index in [0.717, 1.165) is 12.8 Å². The number of anilines is 1. The minimum Gasteiger partial charge on any atom is -0.462 e. The summed E-state index contributed by atoms with van der Waals surface area (Å²) in [6.45, 7) is 2.29. The normalized spacial score (nSPS) is 19.3. The zero-order valence-corrected chi connectivity index (χ0v) is 35.4. The molecular formula is C37H51F5N5O14PS. The molecule has 9 N–H and O–H groups in total. The zero-order valence-electron chi connectivity index (χ0n) is 33.7. The van der Waals surface area contributed by atoms with Crippen LogP contribution in [0.2, 0.25) is 0 Å². The number of unbranched alkanes of at least 4 members (excludes halogenated alkanes) is 1. The minimum atomic E-state index is -4.38. The van der Waals surface area contributed by atoms with Crippen LogP contribution in [0.1, 0.15) is 32.1 Å². The van der Waals surface area contributed by atoms with Crippen LogP contribution in [0.5, 0.6) is 11.5 Å². The molecule has 19 nitrogen and oxygen atoms in total. The first kappa shape index (κ1) is 53.4. The van der Waals surface area contributed by atoms with Crippen molar-refractivity contribution in [2.75, 3.05) is 77.4 Å². The lowest BCUT2D eigenvalue weighted by Crippen LogP contribution is -2.59. The Labute approximate surface area is 363 Å². The van der Waals surface area contributed by atoms with Crippen molar-refractivity contribution in [2.45, 2.75) is 62.8 Å². The second-order valence-electron chi connectivity index (χ2n) is 13.4. The third-order valence-corrected chi connectivity index (χ3v) is 9.69. The van der Waals surface area contributed by atoms with Crippen LogP contribution in [-0.4, -0.2) is 151 Å². The number of aliphatic hydroxyl groups is 3. The van der Waals surface area contributed by atoms with Gasteiger partial charge < -0.3 is 74.7 Å². The maximum atomic E-state index is 13.6. The minimum absolute atomic E-state index is 0.0465. The third kappa shape index (κ3) is 19.3. The molecule has 1 fully saturated rings. The molecule has 0 radical (unpaired) electrons. The SMILES string of the molecule is N/N=C(\C=NCCOCCOCCOCCOCCC(=O)Oc1c(F)c(F)c(F)c(F)c1F)CCCCNC(=S)Nc1ccc(O[C@H]2O[C@H](CCP(=O)(O)O)[C@@H](O)[C@H](O)[C@@H]2O)cc1. The number of halogens is 5. The van der Waals surface area contributed by atoms with Crippen molar-refractivity contribution in [3.63, 3.8) is 0 Å². The highest BCUT2D eigenvalue weighted by molar-refractivity contribution is 7.80. The van der Waals surface area contributed by atoms with Crippen LogP contribution in [-0.2, 0) is 33.0 Å². The van der Waals surface area contributed by atoms with Gasteiger partial charge in [-0.05, 0) is 62.2 Å². The van der Waals surface area contributed by atoms with Crippen molar-refractivity contribution in [2.24, 2.45) is 15.9 Å². The van der Waals surface area contributed by atoms with Crippen molar-refractivity contribution in [3.8, 4) is 11.5 Å². The van der Waals surface area contributed by atoms with Crippen LogP contribution < -0.4 is 25.9 Å². The molecule has 63 heavy (non-hydrogen) atoms. The summed E-state index contributed by atoms with van der Waals surface area (Å²) in [4.78, 5) is 34.2. The summed E-state index contributed by atoms with van der Waals surface area (Å²) in [6, 6.07) is 6.40. The van der Waals surface area contributed by atoms with E-state index in [1.54, 1.807) is 30.5 Å². The van der Waals surface area contributed by atoms with E-state index in [0.29, 0.717) is 55.8 Å². The average molecular weight is 948 g/mol. The molecule has 354 valence electrons. The van der Waals surface area contributed by atoms with E-state index in [9.17, 15) is 46.6 Å². The van der Waals surface area contributed by atoms with E-state index in [1.807, 2.05) is 0 Å². The molecule has 2 aromatic rings. The number of hydrogen-bond acceptors (Lipinski definition) is 16. The number of carbonyl (C=O) groups excluding carboxylic acids is 1. The van der Waals surface area contributed by atoms with Gasteiger partial charge in [-0.15, -0.1) is 0 Å². The molecular weight excluding hydrogens is 896 g/mol. The Morgan fingerprint density at radius 2 is 1.38 bits per heavy atom. The van der Waals surface area contributed by atoms with Crippen molar-refractivity contribution >= 4 is 48.5 Å². The van der Waals surface area contributed by atoms with Gasteiger partial charge in [-0.3, -0.25) is 14.4 Å². The van der Waals surface area contributed by atoms with E-state index in [4.69, 9.17) is 56.3 Å². The number of nitrogens with two attached hydrogens (primary N) is 1. The Morgan fingerprint density at radius 1 is 0.810 bits per heavy atom. The van der Waals surface area contributed by atoms with Gasteiger partial charge in [0.2, 0.25) is 41.1 Å². The van der Waals surface area contributed by atoms with Gasteiger partial charge >= 0.3 is 13.6 Å². The van der Waals surface area contributed by atoms with E-state index in [2.05, 4.69) is 25.5 Å². The van der Waals surface area contributed by atoms with Crippen molar-refractivity contribution in [3.05, 3.63) is 53.4 Å². The van der Waals surface area contributed by atoms with Crippen LogP contribution in [0.15, 0.2) is 34.4 Å². The fourth-order valence-electron chi connectivity index (χ4n) is 5.31. The number of hydrogen-bond donors (Lipinski definition) is 8. The summed E-state index contributed by atoms with van der Waals surface area (Å²) in [5.41, 5.74) is 1.22. The molecule has 1 heterocycles. The Kier molecular flexibility index (Phi) is 23.7. The largest absolute Gasteiger partial charge is 0.462 e. The van der Waals surface area contributed by atoms with Crippen LogP contribution in [0, 0.1) is 29.1 Å². The van der Waals surface area contributed by atoms with Crippen LogP contribution in [0.25, 0.3) is 0 Å². The van der Waals surface area contributed by atoms with E-state index in [-0.39, 0.29) is 45.2 Å². The van der Waals surface area contributed by atoms with Gasteiger partial charge in [0.25, 0.3) is 0 Å². The van der Waals surface area contributed by atoms with Gasteiger partial charge in [0, 0.05) is 18.4 Å². The van der Waals surface area contributed by atoms with Crippen LogP contribution in [0.4, 0.5) is 27.6 Å². The van der Waals surface area contributed by atoms with Gasteiger partial charge in [0.15, 0.2) is 5.11 Å². The molecule has 0 amide bonds. The second kappa shape index (κ2) is 28.0. The van der Waals surface area contributed by atoms with Crippen LogP contribution >= 0.6 is 19.8 Å². The monoisotopic (exact) mass is 947 g/mol. The van der Waals surface area contributed by atoms with Crippen LogP contribution in [0.3, 0.4) is 0 Å². The Morgan fingerprint density at radius 3 is 1.97 bits per heavy atom. The standard InChI is InChI=1S/C37H51F5N5O14PS/c38-27-28(39)30(41)35(31(42)29(27)40)61-26(48)8-12-55-14-16-57-18-19-58-17-15-56-13-11-44-21-23(47-43)3-1-2-10-45-37(63)46-22-4-6-24(7-5-22)59-36-34(51)33(50)32(49)25(60-36)9-20-62(52,53)54/h4-7,21,25,32-34,36,49-51H,1-3,8-20,43H2,(H2,45,46,63)(H2,52,53,54)/b44-21?,47-23-/t25-,32-,33+,34+,36+/m1/s1. The molecule has 5 atom stereocenters. The number of rotatable bonds is 28. The predicted octanol–water partition coefficient (Wildman–Crippen LogP) is 2.04. The number of thiocarbonyl (C=S) groups is 1. The van der Waals surface area contributed by atoms with Crippen molar-refractivity contribution < 1.29 is 89.6 Å². The summed E-state index contributed by atoms with van der Waals surface area (Å²) < 4.78 is 115. The third-order valence-electron chi connectivity index (χ3n) is 8.61. The topological polar surface area (TPSA) is 275 Å². The molecule has 0 saturated carbocycles. The maximum Gasteiger partial charge on any atom is 0.325 e. The van der Waals surface area contributed by atoms with Gasteiger partial charge in [-0.25, -0.2) is 13.2 Å². The Hall–Kier alpha value is -3.98. The Bertz CT molecular complexity index is 1830. The number of nitrogens with one attached hydrogen (secondary N) is 2.